The van der Waals surface area contributed by atoms with Gasteiger partial charge in [-0.05, 0) is 57.7 Å². The van der Waals surface area contributed by atoms with E-state index in [-0.39, 0.29) is 41.6 Å². The number of carbonyl (C=O) groups is 13. The fraction of sp³-hybridized carbons (Fsp3) is 0.596. The van der Waals surface area contributed by atoms with E-state index in [9.17, 15) is 77.6 Å². The Balaban J connectivity index is 3.13. The van der Waals surface area contributed by atoms with Gasteiger partial charge in [-0.3, -0.25) is 57.5 Å². The van der Waals surface area contributed by atoms with Crippen molar-refractivity contribution in [2.45, 2.75) is 140 Å². The second-order valence-electron chi connectivity index (χ2n) is 18.4. The molecule has 0 aromatic heterocycles. The maximum atomic E-state index is 13.8. The number of aliphatic carboxylic acids is 2. The number of phenols is 1. The van der Waals surface area contributed by atoms with Crippen molar-refractivity contribution in [3.05, 3.63) is 29.8 Å². The Bertz CT molecular complexity index is 2360. The number of nitrogens with one attached hydrogen (secondary N) is 11. The fourth-order valence-corrected chi connectivity index (χ4v) is 7.63. The number of amides is 11. The fourth-order valence-electron chi connectivity index (χ4n) is 6.70. The van der Waals surface area contributed by atoms with Crippen LogP contribution in [0.2, 0.25) is 0 Å². The highest BCUT2D eigenvalue weighted by Gasteiger charge is 2.36. The maximum Gasteiger partial charge on any atom is 0.327 e. The highest BCUT2D eigenvalue weighted by molar-refractivity contribution is 7.80. The highest BCUT2D eigenvalue weighted by atomic mass is 32.1. The summed E-state index contributed by atoms with van der Waals surface area (Å²) in [6, 6.07) is -9.88. The Morgan fingerprint density at radius 2 is 0.925 bits per heavy atom. The summed E-state index contributed by atoms with van der Waals surface area (Å²) in [5.41, 5.74) is 6.14. The Kier molecular flexibility index (Phi) is 32.1. The van der Waals surface area contributed by atoms with Crippen molar-refractivity contribution in [3.63, 3.8) is 0 Å². The minimum atomic E-state index is -1.67. The van der Waals surface area contributed by atoms with Crippen LogP contribution in [0.3, 0.4) is 0 Å². The second-order valence-corrected chi connectivity index (χ2v) is 19.8. The van der Waals surface area contributed by atoms with Gasteiger partial charge in [-0.25, -0.2) is 4.79 Å². The van der Waals surface area contributed by atoms with Crippen LogP contribution in [0, 0.1) is 5.92 Å². The number of rotatable bonds is 35. The highest BCUT2D eigenvalue weighted by Crippen LogP contribution is 2.13. The number of aliphatic hydroxyl groups excluding tert-OH is 1. The van der Waals surface area contributed by atoms with E-state index in [2.05, 4.69) is 109 Å². The molecule has 29 nitrogen and oxygen atoms in total. The zero-order chi connectivity index (χ0) is 61.1. The summed E-state index contributed by atoms with van der Waals surface area (Å²) in [4.78, 5) is 168. The van der Waals surface area contributed by atoms with Crippen LogP contribution >= 0.6 is 50.5 Å². The van der Waals surface area contributed by atoms with E-state index in [1.54, 1.807) is 13.8 Å². The third-order valence-corrected chi connectivity index (χ3v) is 13.3. The first-order valence-corrected chi connectivity index (χ1v) is 27.4. The molecule has 448 valence electrons. The summed E-state index contributed by atoms with van der Waals surface area (Å²) in [6.07, 6.45) is -2.32. The third kappa shape index (κ3) is 24.9. The van der Waals surface area contributed by atoms with Gasteiger partial charge < -0.3 is 84.6 Å². The Hall–Kier alpha value is -6.55. The molecule has 11 amide bonds. The molecule has 1 aromatic carbocycles. The molecule has 0 bridgehead atoms. The summed E-state index contributed by atoms with van der Waals surface area (Å²) in [5.74, 6) is -14.5. The van der Waals surface area contributed by atoms with E-state index in [4.69, 9.17) is 10.8 Å². The normalized spacial score (nSPS) is 15.8. The van der Waals surface area contributed by atoms with Gasteiger partial charge in [0.15, 0.2) is 0 Å². The van der Waals surface area contributed by atoms with Crippen LogP contribution < -0.4 is 64.2 Å². The summed E-state index contributed by atoms with van der Waals surface area (Å²) in [7, 11) is 0. The quantitative estimate of drug-likeness (QED) is 0.0282. The number of aliphatic hydroxyl groups is 1. The molecule has 0 aliphatic rings. The summed E-state index contributed by atoms with van der Waals surface area (Å²) >= 11 is 16.1. The molecular formula is C47H74N12O17S4. The lowest BCUT2D eigenvalue weighted by Gasteiger charge is -2.28. The Labute approximate surface area is 483 Å². The molecule has 0 heterocycles. The standard InChI is InChI=1S/C47H74N12O17S4/c1-7-20(2)35(58-41(69)28(12-13-34(63)64)54-40(68)27(48)16-77)46(74)57-30(17-78)43(71)52-23(5)38(66)55-29(14-25-8-10-26(61)11-9-25)42(70)51-21(3)37(65)50-22(4)39(67)56-31(18-79)44(72)59-36(24(6)60)45(73)49-15-33(62)53-32(19-80)47(75)76/h8-11,20-24,27-32,35-36,60-61,77-80H,7,12-19,48H2,1-6H3,(H,49,73)(H,50,65)(H,51,70)(H,52,71)(H,53,62)(H,54,68)(H,55,66)(H,56,67)(H,57,74)(H,58,69)(H,59,72)(H,63,64)(H,75,76)/t20-,21-,22-,23-,24+,27-,28-,29-,30-,31-,32-,35-,36-/m0/s1. The molecule has 0 aliphatic heterocycles. The molecule has 13 atom stereocenters. The zero-order valence-electron chi connectivity index (χ0n) is 44.6. The number of nitrogens with two attached hydrogens (primary N) is 1. The molecule has 1 aromatic rings. The first-order chi connectivity index (χ1) is 37.4. The number of thiol groups is 4. The van der Waals surface area contributed by atoms with Crippen LogP contribution in [0.1, 0.15) is 66.4 Å². The third-order valence-electron chi connectivity index (χ3n) is 11.8. The van der Waals surface area contributed by atoms with E-state index in [1.807, 2.05) is 0 Å². The van der Waals surface area contributed by atoms with Gasteiger partial charge in [0, 0.05) is 35.9 Å². The molecule has 0 saturated heterocycles. The van der Waals surface area contributed by atoms with Gasteiger partial charge in [0.25, 0.3) is 0 Å². The smallest absolute Gasteiger partial charge is 0.327 e. The minimum absolute atomic E-state index is 0.0899. The maximum absolute atomic E-state index is 13.8. The van der Waals surface area contributed by atoms with E-state index >= 15 is 0 Å². The average molecular weight is 1210 g/mol. The van der Waals surface area contributed by atoms with Gasteiger partial charge in [-0.2, -0.15) is 50.5 Å². The first kappa shape index (κ1) is 71.5. The number of phenolic OH excluding ortho intramolecular Hbond substituents is 1. The van der Waals surface area contributed by atoms with Gasteiger partial charge in [0.2, 0.25) is 65.0 Å². The van der Waals surface area contributed by atoms with E-state index in [0.717, 1.165) is 6.92 Å². The number of carboxylic acids is 2. The molecule has 0 unspecified atom stereocenters. The number of benzene rings is 1. The summed E-state index contributed by atoms with van der Waals surface area (Å²) in [6.45, 7) is 7.49. The molecule has 0 spiro atoms. The average Bonchev–Trinajstić information content (AvgIpc) is 3.40. The number of hydrogen-bond donors (Lipinski definition) is 20. The Morgan fingerprint density at radius 1 is 0.500 bits per heavy atom. The van der Waals surface area contributed by atoms with Crippen molar-refractivity contribution < 1.29 is 82.8 Å². The van der Waals surface area contributed by atoms with Crippen molar-refractivity contribution in [1.29, 1.82) is 0 Å². The lowest BCUT2D eigenvalue weighted by molar-refractivity contribution is -0.141. The topological polar surface area (TPSA) is 461 Å². The largest absolute Gasteiger partial charge is 0.508 e. The molecule has 17 N–H and O–H groups in total. The Morgan fingerprint density at radius 3 is 1.39 bits per heavy atom. The van der Waals surface area contributed by atoms with E-state index < -0.39 is 168 Å². The van der Waals surface area contributed by atoms with Crippen molar-refractivity contribution in [1.82, 2.24) is 58.5 Å². The van der Waals surface area contributed by atoms with Gasteiger partial charge >= 0.3 is 11.9 Å². The van der Waals surface area contributed by atoms with Gasteiger partial charge in [0.1, 0.15) is 66.2 Å². The lowest BCUT2D eigenvalue weighted by atomic mass is 9.97. The lowest BCUT2D eigenvalue weighted by Crippen LogP contribution is -2.61. The molecule has 0 saturated carbocycles. The van der Waals surface area contributed by atoms with Gasteiger partial charge in [-0.15, -0.1) is 0 Å². The summed E-state index contributed by atoms with van der Waals surface area (Å²) < 4.78 is 0. The second kappa shape index (κ2) is 35.9. The van der Waals surface area contributed by atoms with Crippen LogP contribution in [0.5, 0.6) is 5.75 Å². The minimum Gasteiger partial charge on any atom is -0.508 e. The number of carboxylic acid groups (broad SMARTS) is 2. The van der Waals surface area contributed by atoms with E-state index in [0.29, 0.717) is 12.0 Å². The van der Waals surface area contributed by atoms with Crippen molar-refractivity contribution >= 4 is 127 Å². The van der Waals surface area contributed by atoms with E-state index in [1.165, 1.54) is 45.0 Å². The van der Waals surface area contributed by atoms with Gasteiger partial charge in [0.05, 0.1) is 18.7 Å². The van der Waals surface area contributed by atoms with Crippen molar-refractivity contribution in [3.8, 4) is 5.75 Å². The van der Waals surface area contributed by atoms with Crippen LogP contribution in [-0.4, -0.2) is 199 Å². The molecule has 1 rings (SSSR count). The van der Waals surface area contributed by atoms with Crippen LogP contribution in [0.25, 0.3) is 0 Å². The molecule has 80 heavy (non-hydrogen) atoms. The zero-order valence-corrected chi connectivity index (χ0v) is 48.2. The first-order valence-electron chi connectivity index (χ1n) is 24.8. The predicted molar refractivity (Wildman–Crippen MR) is 300 cm³/mol. The van der Waals surface area contributed by atoms with Crippen LogP contribution in [-0.2, 0) is 68.7 Å². The predicted octanol–water partition coefficient (Wildman–Crippen LogP) is -5.62. The monoisotopic (exact) mass is 1210 g/mol. The number of aromatic hydroxyl groups is 1. The van der Waals surface area contributed by atoms with Crippen LogP contribution in [0.4, 0.5) is 0 Å². The van der Waals surface area contributed by atoms with Crippen molar-refractivity contribution in [2.24, 2.45) is 11.7 Å². The molecule has 0 aliphatic carbocycles. The molecule has 33 heteroatoms. The van der Waals surface area contributed by atoms with Crippen LogP contribution in [0.15, 0.2) is 24.3 Å². The SMILES string of the molecule is CC[C@H](C)[C@H](NC(=O)[C@H](CCC(=O)O)NC(=O)[C@@H](N)CS)C(=O)N[C@@H](CS)C(=O)N[C@@H](C)C(=O)N[C@@H](Cc1ccc(O)cc1)C(=O)N[C@@H](C)C(=O)N[C@@H](C)C(=O)N[C@@H](CS)C(=O)N[C@H](C(=O)NCC(=O)N[C@@H](CS)C(=O)O)[C@@H](C)O. The molecular weight excluding hydrogens is 1130 g/mol. The van der Waals surface area contributed by atoms with Gasteiger partial charge in [-0.1, -0.05) is 32.4 Å². The summed E-state index contributed by atoms with van der Waals surface area (Å²) in [5, 5.41) is 64.4. The molecule has 0 radical (unpaired) electrons. The molecule has 0 fully saturated rings. The number of hydrogen-bond acceptors (Lipinski definition) is 20. The number of carbonyl (C=O) groups excluding carboxylic acids is 11. The van der Waals surface area contributed by atoms with Crippen molar-refractivity contribution in [2.75, 3.05) is 29.6 Å².